The number of carbonyl (C=O) groups excluding carboxylic acids is 1. The number of benzene rings is 3. The summed E-state index contributed by atoms with van der Waals surface area (Å²) in [4.78, 5) is 19.3. The summed E-state index contributed by atoms with van der Waals surface area (Å²) >= 11 is 5.75. The number of anilines is 1. The number of nitrogens with zero attached hydrogens (tertiary/aromatic N) is 4. The molecule has 1 amide bonds. The maximum Gasteiger partial charge on any atom is 0.416 e. The number of hydrogen-bond donors (Lipinski definition) is 2. The van der Waals surface area contributed by atoms with E-state index in [0.717, 1.165) is 11.6 Å². The van der Waals surface area contributed by atoms with Crippen LogP contribution in [0.4, 0.5) is 18.9 Å². The van der Waals surface area contributed by atoms with Gasteiger partial charge in [0.25, 0.3) is 0 Å². The highest BCUT2D eigenvalue weighted by atomic mass is 32.1. The average molecular weight is 663 g/mol. The fraction of sp³-hybridized carbons (Fsp3) is 0.314. The molecule has 0 saturated heterocycles. The number of imidazole rings is 1. The topological polar surface area (TPSA) is 95.2 Å². The van der Waals surface area contributed by atoms with Gasteiger partial charge in [0.1, 0.15) is 5.75 Å². The monoisotopic (exact) mass is 662 g/mol. The number of thiocarbonyl (C=S) groups is 1. The van der Waals surface area contributed by atoms with Gasteiger partial charge in [0, 0.05) is 43.3 Å². The molecule has 0 aliphatic heterocycles. The van der Waals surface area contributed by atoms with Gasteiger partial charge in [-0.3, -0.25) is 4.79 Å². The maximum atomic E-state index is 14.0. The molecule has 4 rings (SSSR count). The van der Waals surface area contributed by atoms with Crippen LogP contribution in [0.15, 0.2) is 85.3 Å². The highest BCUT2D eigenvalue weighted by Crippen LogP contribution is 2.32. The molecule has 0 fully saturated rings. The number of nitrogens with one attached hydrogen (secondary N) is 2. The number of nitriles is 1. The van der Waals surface area contributed by atoms with Gasteiger partial charge in [-0.25, -0.2) is 4.98 Å². The summed E-state index contributed by atoms with van der Waals surface area (Å²) in [6, 6.07) is 21.3. The third-order valence-corrected chi connectivity index (χ3v) is 7.81. The van der Waals surface area contributed by atoms with Crippen LogP contribution in [-0.2, 0) is 30.5 Å². The zero-order valence-corrected chi connectivity index (χ0v) is 27.2. The molecular weight excluding hydrogens is 625 g/mol. The van der Waals surface area contributed by atoms with Crippen LogP contribution < -0.4 is 15.4 Å². The predicted octanol–water partition coefficient (Wildman–Crippen LogP) is 6.80. The van der Waals surface area contributed by atoms with E-state index in [-0.39, 0.29) is 42.0 Å². The second-order valence-corrected chi connectivity index (χ2v) is 12.0. The Bertz CT molecular complexity index is 1680. The largest absolute Gasteiger partial charge is 0.497 e. The minimum Gasteiger partial charge on any atom is -0.497 e. The lowest BCUT2D eigenvalue weighted by molar-refractivity contribution is -0.138. The number of aromatic nitrogens is 2. The van der Waals surface area contributed by atoms with E-state index in [1.54, 1.807) is 67.0 Å². The SMILES string of the molecule is COc1ccc(NC(=S)N(Cc2ccccc2C(F)(F)F)CC(CC(C)C)NC(=O)Cc2cncn2Cc2ccc(C#N)cc2)cc1. The molecule has 0 radical (unpaired) electrons. The Labute approximate surface area is 278 Å². The number of rotatable bonds is 13. The van der Waals surface area contributed by atoms with Crippen molar-refractivity contribution in [3.05, 3.63) is 113 Å². The Morgan fingerprint density at radius 2 is 1.79 bits per heavy atom. The van der Waals surface area contributed by atoms with Crippen molar-refractivity contribution in [2.45, 2.75) is 52.0 Å². The van der Waals surface area contributed by atoms with E-state index in [1.807, 2.05) is 30.5 Å². The second-order valence-electron chi connectivity index (χ2n) is 11.6. The van der Waals surface area contributed by atoms with Gasteiger partial charge >= 0.3 is 6.18 Å². The molecule has 1 atom stereocenters. The highest BCUT2D eigenvalue weighted by Gasteiger charge is 2.34. The highest BCUT2D eigenvalue weighted by molar-refractivity contribution is 7.80. The van der Waals surface area contributed by atoms with Gasteiger partial charge < -0.3 is 24.8 Å². The first kappa shape index (κ1) is 35.0. The molecule has 47 heavy (non-hydrogen) atoms. The third-order valence-electron chi connectivity index (χ3n) is 7.45. The minimum absolute atomic E-state index is 0.0519. The number of carbonyl (C=O) groups is 1. The van der Waals surface area contributed by atoms with Crippen molar-refractivity contribution >= 4 is 28.9 Å². The zero-order chi connectivity index (χ0) is 34.0. The van der Waals surface area contributed by atoms with Gasteiger partial charge in [-0.2, -0.15) is 18.4 Å². The van der Waals surface area contributed by atoms with Gasteiger partial charge in [-0.1, -0.05) is 44.2 Å². The summed E-state index contributed by atoms with van der Waals surface area (Å²) in [6.45, 7) is 4.55. The molecule has 0 aliphatic carbocycles. The molecule has 0 aliphatic rings. The van der Waals surface area contributed by atoms with Crippen molar-refractivity contribution in [3.8, 4) is 11.8 Å². The normalized spacial score (nSPS) is 11.9. The summed E-state index contributed by atoms with van der Waals surface area (Å²) in [5.41, 5.74) is 2.18. The van der Waals surface area contributed by atoms with E-state index < -0.39 is 17.8 Å². The summed E-state index contributed by atoms with van der Waals surface area (Å²) in [6.07, 6.45) is -0.640. The number of halogens is 3. The number of hydrogen-bond acceptors (Lipinski definition) is 5. The van der Waals surface area contributed by atoms with Gasteiger partial charge in [-0.05, 0) is 78.1 Å². The molecule has 0 saturated carbocycles. The standard InChI is InChI=1S/C35H37F3N6O2S/c1-24(2)16-29(41-33(45)17-30-19-40-23-44(30)20-26-10-8-25(18-39)9-11-26)22-43(21-27-6-4-5-7-32(27)35(36,37)38)34(47)42-28-12-14-31(46-3)15-13-28/h4-15,19,23-24,29H,16-17,20-22H2,1-3H3,(H,41,45)(H,42,47). The van der Waals surface area contributed by atoms with Crippen LogP contribution in [0.5, 0.6) is 5.75 Å². The molecule has 246 valence electrons. The molecule has 1 heterocycles. The Hall–Kier alpha value is -4.89. The summed E-state index contributed by atoms with van der Waals surface area (Å²) < 4.78 is 48.9. The van der Waals surface area contributed by atoms with Crippen LogP contribution in [0, 0.1) is 17.2 Å². The average Bonchev–Trinajstić information content (AvgIpc) is 3.46. The molecule has 1 aromatic heterocycles. The van der Waals surface area contributed by atoms with Crippen molar-refractivity contribution in [1.82, 2.24) is 19.8 Å². The number of methoxy groups -OCH3 is 1. The smallest absolute Gasteiger partial charge is 0.416 e. The molecule has 4 aromatic rings. The van der Waals surface area contributed by atoms with E-state index >= 15 is 0 Å². The van der Waals surface area contributed by atoms with Crippen molar-refractivity contribution < 1.29 is 22.7 Å². The van der Waals surface area contributed by atoms with Crippen LogP contribution in [0.3, 0.4) is 0 Å². The molecule has 1 unspecified atom stereocenters. The second kappa shape index (κ2) is 16.1. The van der Waals surface area contributed by atoms with E-state index in [0.29, 0.717) is 35.7 Å². The molecule has 2 N–H and O–H groups in total. The number of amides is 1. The first-order valence-electron chi connectivity index (χ1n) is 15.1. The van der Waals surface area contributed by atoms with E-state index in [2.05, 4.69) is 21.7 Å². The quantitative estimate of drug-likeness (QED) is 0.152. The van der Waals surface area contributed by atoms with Crippen LogP contribution in [0.25, 0.3) is 0 Å². The lowest BCUT2D eigenvalue weighted by Gasteiger charge is -2.32. The lowest BCUT2D eigenvalue weighted by atomic mass is 10.0. The Balaban J connectivity index is 1.53. The molecule has 12 heteroatoms. The fourth-order valence-corrected chi connectivity index (χ4v) is 5.47. The fourth-order valence-electron chi connectivity index (χ4n) is 5.21. The molecule has 3 aromatic carbocycles. The summed E-state index contributed by atoms with van der Waals surface area (Å²) in [5, 5.41) is 15.5. The van der Waals surface area contributed by atoms with Gasteiger partial charge in [0.2, 0.25) is 5.91 Å². The third kappa shape index (κ3) is 10.3. The maximum absolute atomic E-state index is 14.0. The van der Waals surface area contributed by atoms with Crippen molar-refractivity contribution in [1.29, 1.82) is 5.26 Å². The lowest BCUT2D eigenvalue weighted by Crippen LogP contribution is -2.47. The van der Waals surface area contributed by atoms with E-state index in [4.69, 9.17) is 22.2 Å². The Kier molecular flexibility index (Phi) is 12.0. The molecule has 8 nitrogen and oxygen atoms in total. The summed E-state index contributed by atoms with van der Waals surface area (Å²) in [5.74, 6) is 0.576. The Morgan fingerprint density at radius 1 is 1.09 bits per heavy atom. The number of ether oxygens (including phenoxy) is 1. The van der Waals surface area contributed by atoms with Crippen LogP contribution >= 0.6 is 12.2 Å². The molecular formula is C35H37F3N6O2S. The molecule has 0 bridgehead atoms. The first-order chi connectivity index (χ1) is 22.4. The zero-order valence-electron chi connectivity index (χ0n) is 26.4. The molecule has 0 spiro atoms. The van der Waals surface area contributed by atoms with Crippen LogP contribution in [0.1, 0.15) is 48.2 Å². The van der Waals surface area contributed by atoms with Crippen molar-refractivity contribution in [3.63, 3.8) is 0 Å². The van der Waals surface area contributed by atoms with Crippen molar-refractivity contribution in [2.75, 3.05) is 19.0 Å². The summed E-state index contributed by atoms with van der Waals surface area (Å²) in [7, 11) is 1.55. The first-order valence-corrected chi connectivity index (χ1v) is 15.5. The predicted molar refractivity (Wildman–Crippen MR) is 179 cm³/mol. The van der Waals surface area contributed by atoms with Gasteiger partial charge in [0.15, 0.2) is 5.11 Å². The minimum atomic E-state index is -4.54. The van der Waals surface area contributed by atoms with Gasteiger partial charge in [0.05, 0.1) is 37.1 Å². The van der Waals surface area contributed by atoms with Crippen LogP contribution in [-0.4, -0.2) is 45.2 Å². The van der Waals surface area contributed by atoms with E-state index in [9.17, 15) is 18.0 Å². The van der Waals surface area contributed by atoms with Crippen LogP contribution in [0.2, 0.25) is 0 Å². The van der Waals surface area contributed by atoms with E-state index in [1.165, 1.54) is 12.1 Å². The number of alkyl halides is 3. The van der Waals surface area contributed by atoms with Crippen molar-refractivity contribution in [2.24, 2.45) is 5.92 Å². The Morgan fingerprint density at radius 3 is 2.43 bits per heavy atom. The van der Waals surface area contributed by atoms with Gasteiger partial charge in [-0.15, -0.1) is 0 Å².